The molecule has 0 aliphatic carbocycles. The lowest BCUT2D eigenvalue weighted by Crippen LogP contribution is -2.62. The van der Waals surface area contributed by atoms with Gasteiger partial charge in [-0.3, -0.25) is 4.79 Å². The van der Waals surface area contributed by atoms with E-state index in [1.807, 2.05) is 36.4 Å². The number of fused-ring (bicyclic) bond motifs is 1. The Morgan fingerprint density at radius 3 is 2.39 bits per heavy atom. The summed E-state index contributed by atoms with van der Waals surface area (Å²) in [5, 5.41) is 10.4. The first-order valence-corrected chi connectivity index (χ1v) is 10.2. The van der Waals surface area contributed by atoms with Crippen LogP contribution >= 0.6 is 0 Å². The Morgan fingerprint density at radius 2 is 1.74 bits per heavy atom. The summed E-state index contributed by atoms with van der Waals surface area (Å²) in [6.45, 7) is 3.99. The molecule has 0 spiro atoms. The molecule has 0 aromatic heterocycles. The van der Waals surface area contributed by atoms with E-state index >= 15 is 0 Å². The van der Waals surface area contributed by atoms with Crippen LogP contribution in [0.25, 0.3) is 0 Å². The highest BCUT2D eigenvalue weighted by Crippen LogP contribution is 2.46. The molecule has 0 bridgehead atoms. The normalized spacial score (nSPS) is 28.6. The quantitative estimate of drug-likeness (QED) is 0.712. The minimum atomic E-state index is -1.41. The van der Waals surface area contributed by atoms with Gasteiger partial charge < -0.3 is 23.8 Å². The number of carbonyl (C=O) groups excluding carboxylic acids is 1. The van der Waals surface area contributed by atoms with Gasteiger partial charge in [-0.05, 0) is 31.5 Å². The first kappa shape index (κ1) is 21.5. The molecule has 162 valence electrons. The van der Waals surface area contributed by atoms with E-state index in [2.05, 4.69) is 6.07 Å². The second-order valence-corrected chi connectivity index (χ2v) is 8.22. The Bertz CT molecular complexity index is 959. The minimum absolute atomic E-state index is 0.106. The van der Waals surface area contributed by atoms with Crippen LogP contribution in [0.5, 0.6) is 0 Å². The molecular formula is C24H26N2O5. The Kier molecular flexibility index (Phi) is 5.82. The average Bonchev–Trinajstić information content (AvgIpc) is 3.23. The zero-order valence-electron chi connectivity index (χ0n) is 17.9. The number of carbonyl (C=O) groups is 1. The number of nitriles is 1. The second-order valence-electron chi connectivity index (χ2n) is 8.22. The van der Waals surface area contributed by atoms with Gasteiger partial charge in [0.1, 0.15) is 6.10 Å². The van der Waals surface area contributed by atoms with E-state index < -0.39 is 29.8 Å². The molecule has 2 aliphatic rings. The number of nitrogens with zero attached hydrogens (tertiary/aromatic N) is 2. The molecule has 2 aliphatic heterocycles. The Morgan fingerprint density at radius 1 is 1.10 bits per heavy atom. The first-order valence-electron chi connectivity index (χ1n) is 10.2. The monoisotopic (exact) mass is 422 g/mol. The predicted molar refractivity (Wildman–Crippen MR) is 112 cm³/mol. The molecule has 2 fully saturated rings. The van der Waals surface area contributed by atoms with Crippen molar-refractivity contribution in [1.29, 1.82) is 5.26 Å². The van der Waals surface area contributed by atoms with Crippen molar-refractivity contribution < 1.29 is 23.7 Å². The number of hydrogen-bond donors (Lipinski definition) is 0. The summed E-state index contributed by atoms with van der Waals surface area (Å²) in [7, 11) is 1.60. The van der Waals surface area contributed by atoms with E-state index in [1.165, 1.54) is 4.90 Å². The maximum atomic E-state index is 13.3. The van der Waals surface area contributed by atoms with Crippen molar-refractivity contribution in [1.82, 2.24) is 4.90 Å². The van der Waals surface area contributed by atoms with Crippen LogP contribution in [-0.2, 0) is 25.6 Å². The van der Waals surface area contributed by atoms with Crippen LogP contribution in [0.2, 0.25) is 0 Å². The third-order valence-corrected chi connectivity index (χ3v) is 5.72. The standard InChI is InChI=1S/C24H26N2O5/c1-23(2)30-20-22(31-23)29-19(15-28-14-17-10-6-4-7-11-17)24(20,16-25)26(3)21(27)18-12-8-5-9-13-18/h4-13,19-20,22H,14-15H2,1-3H3/t19-,20+,22-,24-/m1/s1. The van der Waals surface area contributed by atoms with Crippen LogP contribution in [0.15, 0.2) is 60.7 Å². The highest BCUT2D eigenvalue weighted by molar-refractivity contribution is 5.95. The number of benzene rings is 2. The van der Waals surface area contributed by atoms with Crippen molar-refractivity contribution in [2.75, 3.05) is 13.7 Å². The molecule has 0 radical (unpaired) electrons. The van der Waals surface area contributed by atoms with Gasteiger partial charge in [0.15, 0.2) is 23.7 Å². The molecule has 31 heavy (non-hydrogen) atoms. The molecular weight excluding hydrogens is 396 g/mol. The maximum Gasteiger partial charge on any atom is 0.255 e. The first-order chi connectivity index (χ1) is 14.9. The van der Waals surface area contributed by atoms with E-state index in [4.69, 9.17) is 18.9 Å². The third kappa shape index (κ3) is 3.95. The lowest BCUT2D eigenvalue weighted by molar-refractivity contribution is -0.220. The fraction of sp³-hybridized carbons (Fsp3) is 0.417. The molecule has 2 aromatic rings. The molecule has 4 atom stereocenters. The fourth-order valence-electron chi connectivity index (χ4n) is 4.16. The zero-order valence-corrected chi connectivity index (χ0v) is 17.9. The van der Waals surface area contributed by atoms with E-state index in [0.29, 0.717) is 12.2 Å². The molecule has 2 heterocycles. The Hall–Kier alpha value is -2.76. The average molecular weight is 422 g/mol. The van der Waals surface area contributed by atoms with Crippen LogP contribution in [0, 0.1) is 11.3 Å². The van der Waals surface area contributed by atoms with Gasteiger partial charge in [0.05, 0.1) is 19.3 Å². The number of ether oxygens (including phenoxy) is 4. The predicted octanol–water partition coefficient (Wildman–Crippen LogP) is 3.11. The maximum absolute atomic E-state index is 13.3. The smallest absolute Gasteiger partial charge is 0.255 e. The van der Waals surface area contributed by atoms with Crippen molar-refractivity contribution in [3.63, 3.8) is 0 Å². The molecule has 4 rings (SSSR count). The molecule has 7 heteroatoms. The number of hydrogen-bond acceptors (Lipinski definition) is 6. The van der Waals surface area contributed by atoms with Gasteiger partial charge in [0.25, 0.3) is 5.91 Å². The third-order valence-electron chi connectivity index (χ3n) is 5.72. The fourth-order valence-corrected chi connectivity index (χ4v) is 4.16. The summed E-state index contributed by atoms with van der Waals surface area (Å²) in [5.74, 6) is -1.23. The van der Waals surface area contributed by atoms with Crippen molar-refractivity contribution in [3.05, 3.63) is 71.8 Å². The van der Waals surface area contributed by atoms with Gasteiger partial charge in [0, 0.05) is 12.6 Å². The van der Waals surface area contributed by atoms with E-state index in [1.54, 1.807) is 45.2 Å². The van der Waals surface area contributed by atoms with Crippen LogP contribution < -0.4 is 0 Å². The molecule has 2 aromatic carbocycles. The summed E-state index contributed by atoms with van der Waals surface area (Å²) in [4.78, 5) is 14.7. The summed E-state index contributed by atoms with van der Waals surface area (Å²) in [6.07, 6.45) is -2.29. The lowest BCUT2D eigenvalue weighted by Gasteiger charge is -2.39. The van der Waals surface area contributed by atoms with Gasteiger partial charge in [-0.25, -0.2) is 0 Å². The van der Waals surface area contributed by atoms with Crippen LogP contribution in [0.3, 0.4) is 0 Å². The highest BCUT2D eigenvalue weighted by Gasteiger charge is 2.67. The summed E-state index contributed by atoms with van der Waals surface area (Å²) >= 11 is 0. The molecule has 0 unspecified atom stereocenters. The summed E-state index contributed by atoms with van der Waals surface area (Å²) in [5.41, 5.74) is 0.0676. The van der Waals surface area contributed by atoms with Crippen LogP contribution in [0.4, 0.5) is 0 Å². The lowest BCUT2D eigenvalue weighted by atomic mass is 9.87. The molecule has 0 N–H and O–H groups in total. The Balaban J connectivity index is 1.60. The van der Waals surface area contributed by atoms with Gasteiger partial charge in [-0.2, -0.15) is 5.26 Å². The van der Waals surface area contributed by atoms with Crippen molar-refractivity contribution in [2.45, 2.75) is 50.3 Å². The minimum Gasteiger partial charge on any atom is -0.374 e. The van der Waals surface area contributed by atoms with Gasteiger partial charge in [0.2, 0.25) is 0 Å². The van der Waals surface area contributed by atoms with E-state index in [0.717, 1.165) is 5.56 Å². The topological polar surface area (TPSA) is 81.0 Å². The van der Waals surface area contributed by atoms with Crippen LogP contribution in [-0.4, -0.2) is 54.3 Å². The van der Waals surface area contributed by atoms with Crippen molar-refractivity contribution >= 4 is 5.91 Å². The van der Waals surface area contributed by atoms with E-state index in [-0.39, 0.29) is 12.5 Å². The van der Waals surface area contributed by atoms with Gasteiger partial charge in [-0.15, -0.1) is 0 Å². The largest absolute Gasteiger partial charge is 0.374 e. The number of amides is 1. The van der Waals surface area contributed by atoms with E-state index in [9.17, 15) is 10.1 Å². The van der Waals surface area contributed by atoms with Gasteiger partial charge >= 0.3 is 0 Å². The van der Waals surface area contributed by atoms with Crippen molar-refractivity contribution in [2.24, 2.45) is 0 Å². The SMILES string of the molecule is CN(C(=O)c1ccccc1)[C@]1(C#N)[C@@H](COCc2ccccc2)O[C@@H]2OC(C)(C)O[C@@H]21. The molecule has 7 nitrogen and oxygen atoms in total. The summed E-state index contributed by atoms with van der Waals surface area (Å²) < 4.78 is 23.9. The highest BCUT2D eigenvalue weighted by atomic mass is 16.8. The number of likely N-dealkylation sites (N-methyl/N-ethyl adjacent to an activating group) is 1. The van der Waals surface area contributed by atoms with Crippen LogP contribution in [0.1, 0.15) is 29.8 Å². The number of rotatable bonds is 6. The second kappa shape index (κ2) is 8.40. The van der Waals surface area contributed by atoms with Crippen molar-refractivity contribution in [3.8, 4) is 6.07 Å². The van der Waals surface area contributed by atoms with Gasteiger partial charge in [-0.1, -0.05) is 48.5 Å². The Labute approximate surface area is 182 Å². The molecule has 2 saturated heterocycles. The molecule has 0 saturated carbocycles. The molecule has 1 amide bonds. The summed E-state index contributed by atoms with van der Waals surface area (Å²) in [6, 6.07) is 20.9. The zero-order chi connectivity index (χ0) is 22.1.